The molecule has 0 radical (unpaired) electrons. The fourth-order valence-corrected chi connectivity index (χ4v) is 4.89. The van der Waals surface area contributed by atoms with Crippen LogP contribution in [0.25, 0.3) is 11.0 Å². The van der Waals surface area contributed by atoms with Crippen LogP contribution >= 0.6 is 0 Å². The van der Waals surface area contributed by atoms with Crippen molar-refractivity contribution in [2.45, 2.75) is 51.6 Å². The maximum atomic E-state index is 13.2. The van der Waals surface area contributed by atoms with Gasteiger partial charge in [0.1, 0.15) is 11.6 Å². The summed E-state index contributed by atoms with van der Waals surface area (Å²) in [6.45, 7) is 5.20. The van der Waals surface area contributed by atoms with Gasteiger partial charge in [0.15, 0.2) is 0 Å². The molecule has 0 spiro atoms. The molecule has 2 aromatic heterocycles. The lowest BCUT2D eigenvalue weighted by atomic mass is 9.90. The van der Waals surface area contributed by atoms with Crippen molar-refractivity contribution in [1.29, 1.82) is 0 Å². The lowest BCUT2D eigenvalue weighted by Crippen LogP contribution is -2.39. The summed E-state index contributed by atoms with van der Waals surface area (Å²) < 4.78 is 15.6. The third-order valence-corrected chi connectivity index (χ3v) is 6.19. The monoisotopic (exact) mass is 364 g/mol. The number of benzene rings is 1. The van der Waals surface area contributed by atoms with Crippen LogP contribution in [0.5, 0.6) is 0 Å². The predicted molar refractivity (Wildman–Crippen MR) is 104 cm³/mol. The highest BCUT2D eigenvalue weighted by Crippen LogP contribution is 2.41. The highest BCUT2D eigenvalue weighted by atomic mass is 19.1. The summed E-state index contributed by atoms with van der Waals surface area (Å²) >= 11 is 0. The number of nitrogens with zero attached hydrogens (tertiary/aromatic N) is 4. The van der Waals surface area contributed by atoms with Gasteiger partial charge in [0.25, 0.3) is 0 Å². The van der Waals surface area contributed by atoms with Gasteiger partial charge in [-0.25, -0.2) is 14.4 Å². The van der Waals surface area contributed by atoms with Crippen LogP contribution in [0.1, 0.15) is 47.9 Å². The molecule has 0 saturated carbocycles. The standard InChI is InChI=1S/C22H25FN4/c1-15-24-14-20-22(25-15)21-18-4-2-3-11-26(18)12-10-19(21)27(20)13-9-16-5-7-17(23)8-6-16/h5-8,14,18H,2-4,9-13H2,1H3. The van der Waals surface area contributed by atoms with E-state index >= 15 is 0 Å². The first-order valence-electron chi connectivity index (χ1n) is 10.0. The van der Waals surface area contributed by atoms with Gasteiger partial charge < -0.3 is 4.57 Å². The molecule has 2 aliphatic heterocycles. The normalized spacial score (nSPS) is 19.9. The molecule has 4 heterocycles. The molecule has 1 atom stereocenters. The van der Waals surface area contributed by atoms with Crippen LogP contribution in [-0.2, 0) is 19.4 Å². The van der Waals surface area contributed by atoms with Gasteiger partial charge in [-0.2, -0.15) is 0 Å². The molecule has 3 aromatic rings. The fourth-order valence-electron chi connectivity index (χ4n) is 4.89. The van der Waals surface area contributed by atoms with E-state index in [4.69, 9.17) is 4.98 Å². The molecule has 5 rings (SSSR count). The maximum absolute atomic E-state index is 13.2. The number of halogens is 1. The van der Waals surface area contributed by atoms with Crippen LogP contribution in [-0.4, -0.2) is 32.5 Å². The minimum atomic E-state index is -0.177. The van der Waals surface area contributed by atoms with Crippen molar-refractivity contribution in [1.82, 2.24) is 19.4 Å². The third kappa shape index (κ3) is 2.94. The van der Waals surface area contributed by atoms with E-state index in [2.05, 4.69) is 14.5 Å². The zero-order valence-corrected chi connectivity index (χ0v) is 15.8. The van der Waals surface area contributed by atoms with Gasteiger partial charge in [-0.3, -0.25) is 4.90 Å². The van der Waals surface area contributed by atoms with Crippen LogP contribution < -0.4 is 0 Å². The first-order valence-corrected chi connectivity index (χ1v) is 10.0. The fraction of sp³-hybridized carbons (Fsp3) is 0.455. The average Bonchev–Trinajstić information content (AvgIpc) is 3.01. The lowest BCUT2D eigenvalue weighted by Gasteiger charge is -2.39. The summed E-state index contributed by atoms with van der Waals surface area (Å²) in [5.74, 6) is 0.665. The molecule has 5 heteroatoms. The Morgan fingerprint density at radius 2 is 2.00 bits per heavy atom. The molecular formula is C22H25FN4. The van der Waals surface area contributed by atoms with E-state index in [9.17, 15) is 4.39 Å². The molecule has 1 unspecified atom stereocenters. The van der Waals surface area contributed by atoms with Gasteiger partial charge in [-0.1, -0.05) is 18.6 Å². The van der Waals surface area contributed by atoms with Crippen molar-refractivity contribution >= 4 is 11.0 Å². The predicted octanol–water partition coefficient (Wildman–Crippen LogP) is 4.20. The Hall–Kier alpha value is -2.27. The highest BCUT2D eigenvalue weighted by Gasteiger charge is 2.34. The van der Waals surface area contributed by atoms with Crippen molar-refractivity contribution in [3.63, 3.8) is 0 Å². The molecule has 27 heavy (non-hydrogen) atoms. The Kier molecular flexibility index (Phi) is 4.20. The van der Waals surface area contributed by atoms with Crippen molar-refractivity contribution in [2.24, 2.45) is 0 Å². The van der Waals surface area contributed by atoms with E-state index in [1.807, 2.05) is 25.3 Å². The summed E-state index contributed by atoms with van der Waals surface area (Å²) in [4.78, 5) is 12.0. The van der Waals surface area contributed by atoms with E-state index in [0.717, 1.165) is 48.4 Å². The zero-order valence-electron chi connectivity index (χ0n) is 15.8. The Morgan fingerprint density at radius 3 is 2.85 bits per heavy atom. The Balaban J connectivity index is 1.57. The molecule has 1 fully saturated rings. The number of hydrogen-bond acceptors (Lipinski definition) is 3. The second kappa shape index (κ2) is 6.71. The zero-order chi connectivity index (χ0) is 18.4. The van der Waals surface area contributed by atoms with Crippen LogP contribution in [0.15, 0.2) is 30.5 Å². The molecule has 140 valence electrons. The van der Waals surface area contributed by atoms with Crippen molar-refractivity contribution in [2.75, 3.05) is 13.1 Å². The van der Waals surface area contributed by atoms with Crippen molar-refractivity contribution < 1.29 is 4.39 Å². The van der Waals surface area contributed by atoms with Crippen LogP contribution in [0, 0.1) is 12.7 Å². The molecule has 1 saturated heterocycles. The first-order chi connectivity index (χ1) is 13.2. The van der Waals surface area contributed by atoms with E-state index in [1.165, 1.54) is 37.1 Å². The van der Waals surface area contributed by atoms with Crippen LogP contribution in [0.2, 0.25) is 0 Å². The molecule has 0 aliphatic carbocycles. The van der Waals surface area contributed by atoms with E-state index in [1.54, 1.807) is 12.1 Å². The topological polar surface area (TPSA) is 34.0 Å². The average molecular weight is 364 g/mol. The maximum Gasteiger partial charge on any atom is 0.126 e. The number of aryl methyl sites for hydroxylation is 3. The number of piperidine rings is 1. The summed E-state index contributed by atoms with van der Waals surface area (Å²) in [6, 6.07) is 7.37. The van der Waals surface area contributed by atoms with Crippen molar-refractivity contribution in [3.05, 3.63) is 58.9 Å². The van der Waals surface area contributed by atoms with Crippen LogP contribution in [0.4, 0.5) is 4.39 Å². The Bertz CT molecular complexity index is 976. The van der Waals surface area contributed by atoms with E-state index in [-0.39, 0.29) is 5.82 Å². The Morgan fingerprint density at radius 1 is 1.15 bits per heavy atom. The molecule has 0 amide bonds. The quantitative estimate of drug-likeness (QED) is 0.698. The second-order valence-corrected chi connectivity index (χ2v) is 7.84. The summed E-state index contributed by atoms with van der Waals surface area (Å²) in [5, 5.41) is 0. The van der Waals surface area contributed by atoms with E-state index < -0.39 is 0 Å². The number of fused-ring (bicyclic) bond motifs is 5. The third-order valence-electron chi connectivity index (χ3n) is 6.19. The second-order valence-electron chi connectivity index (χ2n) is 7.84. The van der Waals surface area contributed by atoms with Crippen molar-refractivity contribution in [3.8, 4) is 0 Å². The smallest absolute Gasteiger partial charge is 0.126 e. The van der Waals surface area contributed by atoms with Gasteiger partial charge in [0.05, 0.1) is 17.2 Å². The minimum Gasteiger partial charge on any atom is -0.341 e. The summed E-state index contributed by atoms with van der Waals surface area (Å²) in [7, 11) is 0. The lowest BCUT2D eigenvalue weighted by molar-refractivity contribution is 0.138. The van der Waals surface area contributed by atoms with Gasteiger partial charge >= 0.3 is 0 Å². The molecule has 0 bridgehead atoms. The van der Waals surface area contributed by atoms with Crippen LogP contribution in [0.3, 0.4) is 0 Å². The molecular weight excluding hydrogens is 339 g/mol. The molecule has 2 aliphatic rings. The van der Waals surface area contributed by atoms with Gasteiger partial charge in [-0.15, -0.1) is 0 Å². The highest BCUT2D eigenvalue weighted by molar-refractivity contribution is 5.82. The SMILES string of the molecule is Cc1ncc2c(n1)c1c(n2CCc2ccc(F)cc2)CCN2CCCCC12. The van der Waals surface area contributed by atoms with Gasteiger partial charge in [-0.05, 0) is 50.4 Å². The first kappa shape index (κ1) is 16.9. The summed E-state index contributed by atoms with van der Waals surface area (Å²) in [5.41, 5.74) is 6.35. The molecule has 4 nitrogen and oxygen atoms in total. The Labute approximate surface area is 159 Å². The van der Waals surface area contributed by atoms with E-state index in [0.29, 0.717) is 6.04 Å². The minimum absolute atomic E-state index is 0.177. The molecule has 0 N–H and O–H groups in total. The summed E-state index contributed by atoms with van der Waals surface area (Å²) in [6.07, 6.45) is 7.79. The van der Waals surface area contributed by atoms with Gasteiger partial charge in [0.2, 0.25) is 0 Å². The largest absolute Gasteiger partial charge is 0.341 e. The number of aromatic nitrogens is 3. The van der Waals surface area contributed by atoms with Gasteiger partial charge in [0, 0.05) is 36.8 Å². The molecule has 1 aromatic carbocycles. The number of hydrogen-bond donors (Lipinski definition) is 0. The number of rotatable bonds is 3.